The SMILES string of the molecule is CC1CCCC(C)N1NC(=O)c1cc(F)cnc1N. The fourth-order valence-corrected chi connectivity index (χ4v) is 2.45. The molecule has 6 heteroatoms. The number of halogens is 1. The van der Waals surface area contributed by atoms with E-state index in [2.05, 4.69) is 24.3 Å². The molecule has 3 N–H and O–H groups in total. The molecule has 1 aromatic heterocycles. The number of nitrogen functional groups attached to an aromatic ring is 1. The summed E-state index contributed by atoms with van der Waals surface area (Å²) < 4.78 is 13.1. The van der Waals surface area contributed by atoms with Gasteiger partial charge in [0.05, 0.1) is 11.8 Å². The van der Waals surface area contributed by atoms with Crippen molar-refractivity contribution in [2.24, 2.45) is 0 Å². The largest absolute Gasteiger partial charge is 0.383 e. The Bertz CT molecular complexity index is 470. The summed E-state index contributed by atoms with van der Waals surface area (Å²) >= 11 is 0. The molecule has 0 bridgehead atoms. The summed E-state index contributed by atoms with van der Waals surface area (Å²) in [5.74, 6) is -0.944. The van der Waals surface area contributed by atoms with Gasteiger partial charge < -0.3 is 5.73 Å². The van der Waals surface area contributed by atoms with Crippen molar-refractivity contribution in [3.05, 3.63) is 23.6 Å². The van der Waals surface area contributed by atoms with Gasteiger partial charge in [-0.3, -0.25) is 10.2 Å². The first-order valence-corrected chi connectivity index (χ1v) is 6.49. The minimum absolute atomic E-state index is 0.0382. The van der Waals surface area contributed by atoms with E-state index in [-0.39, 0.29) is 23.5 Å². The van der Waals surface area contributed by atoms with E-state index in [0.29, 0.717) is 0 Å². The first kappa shape index (κ1) is 13.7. The lowest BCUT2D eigenvalue weighted by atomic mass is 10.00. The molecule has 2 rings (SSSR count). The molecular weight excluding hydrogens is 247 g/mol. The Hall–Kier alpha value is -1.69. The zero-order chi connectivity index (χ0) is 14.0. The van der Waals surface area contributed by atoms with Crippen LogP contribution in [-0.2, 0) is 0 Å². The number of nitrogens with one attached hydrogen (secondary N) is 1. The van der Waals surface area contributed by atoms with Gasteiger partial charge in [0.2, 0.25) is 0 Å². The van der Waals surface area contributed by atoms with Crippen LogP contribution >= 0.6 is 0 Å². The highest BCUT2D eigenvalue weighted by Gasteiger charge is 2.27. The van der Waals surface area contributed by atoms with Gasteiger partial charge in [0.1, 0.15) is 11.6 Å². The normalized spacial score (nSPS) is 24.2. The summed E-state index contributed by atoms with van der Waals surface area (Å²) in [5.41, 5.74) is 8.49. The topological polar surface area (TPSA) is 71.2 Å². The Labute approximate surface area is 112 Å². The number of pyridine rings is 1. The third-order valence-corrected chi connectivity index (χ3v) is 3.55. The molecule has 2 unspecified atom stereocenters. The summed E-state index contributed by atoms with van der Waals surface area (Å²) in [6.07, 6.45) is 4.21. The second kappa shape index (κ2) is 5.52. The van der Waals surface area contributed by atoms with E-state index in [1.807, 2.05) is 5.01 Å². The van der Waals surface area contributed by atoms with Crippen LogP contribution in [0.3, 0.4) is 0 Å². The molecule has 2 heterocycles. The smallest absolute Gasteiger partial charge is 0.269 e. The van der Waals surface area contributed by atoms with E-state index in [4.69, 9.17) is 5.73 Å². The molecule has 1 amide bonds. The van der Waals surface area contributed by atoms with E-state index in [9.17, 15) is 9.18 Å². The van der Waals surface area contributed by atoms with Gasteiger partial charge in [-0.25, -0.2) is 14.4 Å². The number of nitrogens with two attached hydrogens (primary N) is 1. The quantitative estimate of drug-likeness (QED) is 0.855. The number of carbonyl (C=O) groups is 1. The summed E-state index contributed by atoms with van der Waals surface area (Å²) in [7, 11) is 0. The minimum Gasteiger partial charge on any atom is -0.383 e. The van der Waals surface area contributed by atoms with Gasteiger partial charge in [-0.05, 0) is 32.8 Å². The van der Waals surface area contributed by atoms with E-state index < -0.39 is 11.7 Å². The number of hydrogen-bond donors (Lipinski definition) is 2. The van der Waals surface area contributed by atoms with Crippen molar-refractivity contribution in [1.29, 1.82) is 0 Å². The van der Waals surface area contributed by atoms with Crippen molar-refractivity contribution in [2.45, 2.75) is 45.2 Å². The van der Waals surface area contributed by atoms with Gasteiger partial charge >= 0.3 is 0 Å². The predicted molar refractivity (Wildman–Crippen MR) is 70.7 cm³/mol. The van der Waals surface area contributed by atoms with E-state index in [1.165, 1.54) is 0 Å². The Morgan fingerprint density at radius 1 is 1.47 bits per heavy atom. The zero-order valence-corrected chi connectivity index (χ0v) is 11.2. The van der Waals surface area contributed by atoms with Crippen molar-refractivity contribution >= 4 is 11.7 Å². The number of piperidine rings is 1. The van der Waals surface area contributed by atoms with Crippen LogP contribution in [0.4, 0.5) is 10.2 Å². The van der Waals surface area contributed by atoms with Gasteiger partial charge in [0.15, 0.2) is 0 Å². The van der Waals surface area contributed by atoms with E-state index in [0.717, 1.165) is 31.5 Å². The van der Waals surface area contributed by atoms with Gasteiger partial charge in [-0.1, -0.05) is 6.42 Å². The van der Waals surface area contributed by atoms with Crippen LogP contribution in [0.5, 0.6) is 0 Å². The lowest BCUT2D eigenvalue weighted by Crippen LogP contribution is -2.54. The molecule has 0 aromatic carbocycles. The van der Waals surface area contributed by atoms with Crippen LogP contribution in [0.15, 0.2) is 12.3 Å². The first-order chi connectivity index (χ1) is 8.99. The van der Waals surface area contributed by atoms with Crippen LogP contribution in [0.1, 0.15) is 43.5 Å². The fourth-order valence-electron chi connectivity index (χ4n) is 2.45. The van der Waals surface area contributed by atoms with Crippen LogP contribution < -0.4 is 11.2 Å². The number of nitrogens with zero attached hydrogens (tertiary/aromatic N) is 2. The summed E-state index contributed by atoms with van der Waals surface area (Å²) in [6.45, 7) is 4.12. The first-order valence-electron chi connectivity index (χ1n) is 6.49. The Morgan fingerprint density at radius 3 is 2.74 bits per heavy atom. The monoisotopic (exact) mass is 266 g/mol. The molecule has 0 saturated carbocycles. The third kappa shape index (κ3) is 3.01. The molecule has 2 atom stereocenters. The molecule has 0 aliphatic carbocycles. The highest BCUT2D eigenvalue weighted by atomic mass is 19.1. The highest BCUT2D eigenvalue weighted by molar-refractivity contribution is 5.97. The number of hydrogen-bond acceptors (Lipinski definition) is 4. The number of hydrazine groups is 1. The van der Waals surface area contributed by atoms with Gasteiger partial charge in [-0.2, -0.15) is 0 Å². The molecule has 1 aromatic rings. The molecule has 0 spiro atoms. The molecule has 1 aliphatic heterocycles. The zero-order valence-electron chi connectivity index (χ0n) is 11.2. The number of anilines is 1. The van der Waals surface area contributed by atoms with Crippen molar-refractivity contribution in [1.82, 2.24) is 15.4 Å². The molecular formula is C13H19FN4O. The van der Waals surface area contributed by atoms with Crippen LogP contribution in [-0.4, -0.2) is 28.0 Å². The molecule has 1 fully saturated rings. The van der Waals surface area contributed by atoms with Gasteiger partial charge in [0.25, 0.3) is 5.91 Å². The molecule has 19 heavy (non-hydrogen) atoms. The van der Waals surface area contributed by atoms with Crippen molar-refractivity contribution in [2.75, 3.05) is 5.73 Å². The lowest BCUT2D eigenvalue weighted by molar-refractivity contribution is 0.0370. The number of amides is 1. The Morgan fingerprint density at radius 2 is 2.11 bits per heavy atom. The standard InChI is InChI=1S/C13H19FN4O/c1-8-4-3-5-9(2)18(8)17-13(19)11-6-10(14)7-16-12(11)15/h6-9H,3-5H2,1-2H3,(H2,15,16)(H,17,19). The second-order valence-electron chi connectivity index (χ2n) is 5.06. The average Bonchev–Trinajstić information content (AvgIpc) is 2.37. The molecule has 104 valence electrons. The van der Waals surface area contributed by atoms with Crippen molar-refractivity contribution in [3.8, 4) is 0 Å². The predicted octanol–water partition coefficient (Wildman–Crippen LogP) is 1.71. The van der Waals surface area contributed by atoms with Crippen molar-refractivity contribution in [3.63, 3.8) is 0 Å². The van der Waals surface area contributed by atoms with E-state index >= 15 is 0 Å². The average molecular weight is 266 g/mol. The second-order valence-corrected chi connectivity index (χ2v) is 5.06. The number of carbonyl (C=O) groups excluding carboxylic acids is 1. The van der Waals surface area contributed by atoms with Gasteiger partial charge in [0, 0.05) is 12.1 Å². The summed E-state index contributed by atoms with van der Waals surface area (Å²) in [5, 5.41) is 1.91. The minimum atomic E-state index is -0.570. The van der Waals surface area contributed by atoms with Crippen LogP contribution in [0.25, 0.3) is 0 Å². The fraction of sp³-hybridized carbons (Fsp3) is 0.538. The van der Waals surface area contributed by atoms with Crippen molar-refractivity contribution < 1.29 is 9.18 Å². The van der Waals surface area contributed by atoms with Gasteiger partial charge in [-0.15, -0.1) is 0 Å². The molecule has 1 aliphatic rings. The lowest BCUT2D eigenvalue weighted by Gasteiger charge is -2.38. The highest BCUT2D eigenvalue weighted by Crippen LogP contribution is 2.21. The maximum atomic E-state index is 13.1. The maximum absolute atomic E-state index is 13.1. The number of rotatable bonds is 2. The van der Waals surface area contributed by atoms with Crippen LogP contribution in [0, 0.1) is 5.82 Å². The molecule has 0 radical (unpaired) electrons. The molecule has 1 saturated heterocycles. The summed E-state index contributed by atoms with van der Waals surface area (Å²) in [6, 6.07) is 1.63. The third-order valence-electron chi connectivity index (χ3n) is 3.55. The Balaban J connectivity index is 2.14. The van der Waals surface area contributed by atoms with E-state index in [1.54, 1.807) is 0 Å². The van der Waals surface area contributed by atoms with Crippen LogP contribution in [0.2, 0.25) is 0 Å². The Kier molecular flexibility index (Phi) is 3.99. The maximum Gasteiger partial charge on any atom is 0.269 e. The summed E-state index contributed by atoms with van der Waals surface area (Å²) in [4.78, 5) is 15.8. The number of aromatic nitrogens is 1. The molecule has 5 nitrogen and oxygen atoms in total.